The summed E-state index contributed by atoms with van der Waals surface area (Å²) < 4.78 is 0. The maximum absolute atomic E-state index is 2.33. The number of hydrogen-bond acceptors (Lipinski definition) is 1. The fourth-order valence-electron chi connectivity index (χ4n) is 1.79. The van der Waals surface area contributed by atoms with Crippen LogP contribution in [0.25, 0.3) is 0 Å². The highest BCUT2D eigenvalue weighted by atomic mass is 32.2. The fraction of sp³-hybridized carbons (Fsp3) is 0.333. The second-order valence-electron chi connectivity index (χ2n) is 4.35. The molecule has 0 saturated heterocycles. The van der Waals surface area contributed by atoms with Crippen LogP contribution in [-0.2, 0) is 0 Å². The van der Waals surface area contributed by atoms with Crippen LogP contribution in [0.2, 0.25) is 0 Å². The van der Waals surface area contributed by atoms with Gasteiger partial charge >= 0.3 is 0 Å². The van der Waals surface area contributed by atoms with Gasteiger partial charge in [0.2, 0.25) is 0 Å². The van der Waals surface area contributed by atoms with E-state index in [-0.39, 0.29) is 0 Å². The summed E-state index contributed by atoms with van der Waals surface area (Å²) in [6.07, 6.45) is 18.0. The Morgan fingerprint density at radius 2 is 2.00 bits per heavy atom. The van der Waals surface area contributed by atoms with Gasteiger partial charge in [-0.15, -0.1) is 11.8 Å². The van der Waals surface area contributed by atoms with E-state index >= 15 is 0 Å². The van der Waals surface area contributed by atoms with Crippen LogP contribution in [-0.4, -0.2) is 5.25 Å². The van der Waals surface area contributed by atoms with Crippen molar-refractivity contribution in [2.45, 2.75) is 31.9 Å². The number of thioether (sulfide) groups is 1. The summed E-state index contributed by atoms with van der Waals surface area (Å²) in [4.78, 5) is 1.47. The van der Waals surface area contributed by atoms with Gasteiger partial charge in [0.25, 0.3) is 0 Å². The molecule has 1 atom stereocenters. The van der Waals surface area contributed by atoms with Crippen molar-refractivity contribution in [3.05, 3.63) is 58.6 Å². The van der Waals surface area contributed by atoms with E-state index in [9.17, 15) is 0 Å². The Labute approximate surface area is 103 Å². The summed E-state index contributed by atoms with van der Waals surface area (Å²) in [5.74, 6) is 0. The third-order valence-corrected chi connectivity index (χ3v) is 4.04. The van der Waals surface area contributed by atoms with Gasteiger partial charge in [0.1, 0.15) is 0 Å². The highest BCUT2D eigenvalue weighted by Gasteiger charge is 2.10. The first kappa shape index (κ1) is 11.5. The SMILES string of the molecule is CC1=CC=C(SC2C=CC(C)=CC2)CC=C1. The first-order valence-corrected chi connectivity index (χ1v) is 6.67. The van der Waals surface area contributed by atoms with Crippen LogP contribution in [0.4, 0.5) is 0 Å². The minimum Gasteiger partial charge on any atom is -0.122 e. The minimum absolute atomic E-state index is 0.621. The average Bonchev–Trinajstić information content (AvgIpc) is 2.47. The van der Waals surface area contributed by atoms with Crippen molar-refractivity contribution in [2.24, 2.45) is 0 Å². The smallest absolute Gasteiger partial charge is 0.0309 e. The Morgan fingerprint density at radius 1 is 1.12 bits per heavy atom. The van der Waals surface area contributed by atoms with Crippen molar-refractivity contribution >= 4 is 11.8 Å². The van der Waals surface area contributed by atoms with Gasteiger partial charge in [0, 0.05) is 5.25 Å². The lowest BCUT2D eigenvalue weighted by Gasteiger charge is -2.15. The molecule has 84 valence electrons. The van der Waals surface area contributed by atoms with Crippen LogP contribution >= 0.6 is 11.8 Å². The van der Waals surface area contributed by atoms with Crippen LogP contribution < -0.4 is 0 Å². The molecule has 16 heavy (non-hydrogen) atoms. The molecule has 1 heteroatoms. The molecular formula is C15H18S. The molecule has 0 aromatic carbocycles. The van der Waals surface area contributed by atoms with Gasteiger partial charge in [-0.1, -0.05) is 53.7 Å². The number of allylic oxidation sites excluding steroid dienone is 9. The maximum atomic E-state index is 2.33. The molecule has 0 spiro atoms. The zero-order valence-electron chi connectivity index (χ0n) is 9.94. The van der Waals surface area contributed by atoms with E-state index < -0.39 is 0 Å². The predicted octanol–water partition coefficient (Wildman–Crippen LogP) is 4.78. The Morgan fingerprint density at radius 3 is 2.75 bits per heavy atom. The third-order valence-electron chi connectivity index (χ3n) is 2.78. The molecule has 2 rings (SSSR count). The van der Waals surface area contributed by atoms with Gasteiger partial charge in [-0.05, 0) is 31.6 Å². The number of rotatable bonds is 2. The first-order chi connectivity index (χ1) is 7.74. The molecule has 0 radical (unpaired) electrons. The van der Waals surface area contributed by atoms with Crippen molar-refractivity contribution in [1.82, 2.24) is 0 Å². The first-order valence-electron chi connectivity index (χ1n) is 5.79. The zero-order valence-corrected chi connectivity index (χ0v) is 10.8. The van der Waals surface area contributed by atoms with Crippen molar-refractivity contribution in [1.29, 1.82) is 0 Å². The summed E-state index contributed by atoms with van der Waals surface area (Å²) in [6.45, 7) is 4.31. The Kier molecular flexibility index (Phi) is 3.89. The molecule has 1 unspecified atom stereocenters. The topological polar surface area (TPSA) is 0 Å². The Balaban J connectivity index is 1.96. The van der Waals surface area contributed by atoms with E-state index in [1.807, 2.05) is 11.8 Å². The number of hydrogen-bond donors (Lipinski definition) is 0. The fourth-order valence-corrected chi connectivity index (χ4v) is 2.86. The van der Waals surface area contributed by atoms with Gasteiger partial charge in [-0.25, -0.2) is 0 Å². The molecule has 2 aliphatic rings. The molecule has 0 bridgehead atoms. The van der Waals surface area contributed by atoms with Crippen molar-refractivity contribution in [2.75, 3.05) is 0 Å². The molecule has 0 heterocycles. The Bertz CT molecular complexity index is 405. The summed E-state index contributed by atoms with van der Waals surface area (Å²) in [5.41, 5.74) is 2.73. The summed E-state index contributed by atoms with van der Waals surface area (Å²) in [6, 6.07) is 0. The van der Waals surface area contributed by atoms with Crippen molar-refractivity contribution < 1.29 is 0 Å². The van der Waals surface area contributed by atoms with Crippen LogP contribution in [0.5, 0.6) is 0 Å². The van der Waals surface area contributed by atoms with Crippen LogP contribution in [0.1, 0.15) is 26.7 Å². The lowest BCUT2D eigenvalue weighted by molar-refractivity contribution is 1.04. The molecule has 2 aliphatic carbocycles. The molecule has 0 aromatic rings. The normalized spacial score (nSPS) is 24.6. The summed E-state index contributed by atoms with van der Waals surface area (Å²) >= 11 is 1.99. The molecule has 0 nitrogen and oxygen atoms in total. The van der Waals surface area contributed by atoms with E-state index in [2.05, 4.69) is 56.4 Å². The van der Waals surface area contributed by atoms with Gasteiger partial charge in [-0.2, -0.15) is 0 Å². The van der Waals surface area contributed by atoms with E-state index in [0.29, 0.717) is 5.25 Å². The highest BCUT2D eigenvalue weighted by Crippen LogP contribution is 2.31. The molecule has 0 aromatic heterocycles. The quantitative estimate of drug-likeness (QED) is 0.657. The van der Waals surface area contributed by atoms with E-state index in [1.54, 1.807) is 0 Å². The highest BCUT2D eigenvalue weighted by molar-refractivity contribution is 8.03. The molecule has 0 aliphatic heterocycles. The van der Waals surface area contributed by atoms with Gasteiger partial charge in [0.05, 0.1) is 0 Å². The molecular weight excluding hydrogens is 212 g/mol. The van der Waals surface area contributed by atoms with Crippen LogP contribution in [0.3, 0.4) is 0 Å². The maximum Gasteiger partial charge on any atom is 0.0309 e. The molecule has 0 saturated carbocycles. The summed E-state index contributed by atoms with van der Waals surface area (Å²) in [5, 5.41) is 0.621. The van der Waals surface area contributed by atoms with E-state index in [4.69, 9.17) is 0 Å². The van der Waals surface area contributed by atoms with Gasteiger partial charge < -0.3 is 0 Å². The largest absolute Gasteiger partial charge is 0.122 e. The monoisotopic (exact) mass is 230 g/mol. The van der Waals surface area contributed by atoms with E-state index in [1.165, 1.54) is 16.1 Å². The summed E-state index contributed by atoms with van der Waals surface area (Å²) in [7, 11) is 0. The minimum atomic E-state index is 0.621. The van der Waals surface area contributed by atoms with Gasteiger partial charge in [0.15, 0.2) is 0 Å². The lowest BCUT2D eigenvalue weighted by atomic mass is 10.1. The second kappa shape index (κ2) is 5.40. The third kappa shape index (κ3) is 3.28. The average molecular weight is 230 g/mol. The predicted molar refractivity (Wildman–Crippen MR) is 74.5 cm³/mol. The second-order valence-corrected chi connectivity index (χ2v) is 5.71. The van der Waals surface area contributed by atoms with Crippen molar-refractivity contribution in [3.8, 4) is 0 Å². The lowest BCUT2D eigenvalue weighted by Crippen LogP contribution is -2.00. The molecule has 0 amide bonds. The Hall–Kier alpha value is -0.950. The zero-order chi connectivity index (χ0) is 11.4. The van der Waals surface area contributed by atoms with Gasteiger partial charge in [-0.3, -0.25) is 0 Å². The molecule has 0 fully saturated rings. The van der Waals surface area contributed by atoms with Crippen LogP contribution in [0, 0.1) is 0 Å². The molecule has 0 N–H and O–H groups in total. The van der Waals surface area contributed by atoms with E-state index in [0.717, 1.165) is 12.8 Å². The standard InChI is InChI=1S/C15H18S/c1-12-4-3-5-14(9-6-12)16-15-10-7-13(2)8-11-15/h3-4,6-10,15H,5,11H2,1-2H3. The van der Waals surface area contributed by atoms with Crippen LogP contribution in [0.15, 0.2) is 58.6 Å². The van der Waals surface area contributed by atoms with Crippen molar-refractivity contribution in [3.63, 3.8) is 0 Å².